The highest BCUT2D eigenvalue weighted by atomic mass is 35.5. The number of fused-ring (bicyclic) bond motifs is 1. The van der Waals surface area contributed by atoms with Gasteiger partial charge in [0.2, 0.25) is 5.91 Å². The Labute approximate surface area is 118 Å². The molecule has 100 valence electrons. The van der Waals surface area contributed by atoms with Crippen molar-refractivity contribution in [2.24, 2.45) is 0 Å². The Hall–Kier alpha value is -1.61. The lowest BCUT2D eigenvalue weighted by molar-refractivity contribution is -0.130. The first-order chi connectivity index (χ1) is 9.13. The SMILES string of the molecule is CCN(CC)C(=O)Cc1ccc2ccc(Cl)cc2n1. The molecular formula is C15H17ClN2O. The van der Waals surface area contributed by atoms with Crippen LogP contribution in [0.1, 0.15) is 19.5 Å². The average molecular weight is 277 g/mol. The van der Waals surface area contributed by atoms with E-state index in [1.54, 1.807) is 0 Å². The van der Waals surface area contributed by atoms with Crippen molar-refractivity contribution in [3.05, 3.63) is 41.0 Å². The molecule has 0 saturated heterocycles. The number of benzene rings is 1. The summed E-state index contributed by atoms with van der Waals surface area (Å²) in [4.78, 5) is 18.3. The number of halogens is 1. The van der Waals surface area contributed by atoms with Gasteiger partial charge in [0.15, 0.2) is 0 Å². The van der Waals surface area contributed by atoms with Crippen LogP contribution in [0.5, 0.6) is 0 Å². The molecule has 3 nitrogen and oxygen atoms in total. The summed E-state index contributed by atoms with van der Waals surface area (Å²) in [7, 11) is 0. The summed E-state index contributed by atoms with van der Waals surface area (Å²) < 4.78 is 0. The zero-order valence-corrected chi connectivity index (χ0v) is 11.9. The molecule has 0 aliphatic rings. The van der Waals surface area contributed by atoms with Crippen molar-refractivity contribution in [2.45, 2.75) is 20.3 Å². The van der Waals surface area contributed by atoms with Gasteiger partial charge in [-0.1, -0.05) is 23.7 Å². The lowest BCUT2D eigenvalue weighted by Gasteiger charge is -2.18. The normalized spacial score (nSPS) is 10.7. The predicted octanol–water partition coefficient (Wildman–Crippen LogP) is 3.30. The van der Waals surface area contributed by atoms with Crippen LogP contribution in [-0.4, -0.2) is 28.9 Å². The number of likely N-dealkylation sites (N-methyl/N-ethyl adjacent to an activating group) is 1. The number of hydrogen-bond donors (Lipinski definition) is 0. The van der Waals surface area contributed by atoms with Crippen LogP contribution in [0.25, 0.3) is 10.9 Å². The number of rotatable bonds is 4. The van der Waals surface area contributed by atoms with E-state index in [1.165, 1.54) is 0 Å². The van der Waals surface area contributed by atoms with Crippen LogP contribution in [0.4, 0.5) is 0 Å². The summed E-state index contributed by atoms with van der Waals surface area (Å²) in [6.45, 7) is 5.42. The molecule has 0 saturated carbocycles. The molecule has 0 aliphatic heterocycles. The molecule has 0 radical (unpaired) electrons. The van der Waals surface area contributed by atoms with Crippen LogP contribution in [-0.2, 0) is 11.2 Å². The van der Waals surface area contributed by atoms with E-state index in [4.69, 9.17) is 11.6 Å². The lowest BCUT2D eigenvalue weighted by atomic mass is 10.1. The first-order valence-corrected chi connectivity index (χ1v) is 6.84. The topological polar surface area (TPSA) is 33.2 Å². The molecule has 1 aromatic heterocycles. The lowest BCUT2D eigenvalue weighted by Crippen LogP contribution is -2.31. The number of nitrogens with zero attached hydrogens (tertiary/aromatic N) is 2. The molecule has 0 spiro atoms. The molecule has 0 aliphatic carbocycles. The molecule has 0 atom stereocenters. The molecule has 1 aromatic carbocycles. The van der Waals surface area contributed by atoms with Crippen molar-refractivity contribution in [3.8, 4) is 0 Å². The third-order valence-corrected chi connectivity index (χ3v) is 3.40. The zero-order valence-electron chi connectivity index (χ0n) is 11.2. The summed E-state index contributed by atoms with van der Waals surface area (Å²) in [6, 6.07) is 9.47. The van der Waals surface area contributed by atoms with E-state index in [-0.39, 0.29) is 5.91 Å². The predicted molar refractivity (Wildman–Crippen MR) is 78.4 cm³/mol. The Kier molecular flexibility index (Phi) is 4.38. The van der Waals surface area contributed by atoms with Gasteiger partial charge in [-0.15, -0.1) is 0 Å². The Bertz CT molecular complexity index is 594. The van der Waals surface area contributed by atoms with Crippen LogP contribution in [0.15, 0.2) is 30.3 Å². The first kappa shape index (κ1) is 13.8. The van der Waals surface area contributed by atoms with E-state index in [9.17, 15) is 4.79 Å². The number of aromatic nitrogens is 1. The van der Waals surface area contributed by atoms with Crippen molar-refractivity contribution in [3.63, 3.8) is 0 Å². The van der Waals surface area contributed by atoms with Crippen molar-refractivity contribution >= 4 is 28.4 Å². The Balaban J connectivity index is 2.23. The maximum absolute atomic E-state index is 12.0. The fraction of sp³-hybridized carbons (Fsp3) is 0.333. The second kappa shape index (κ2) is 6.02. The molecule has 19 heavy (non-hydrogen) atoms. The van der Waals surface area contributed by atoms with E-state index in [0.717, 1.165) is 29.7 Å². The minimum atomic E-state index is 0.110. The van der Waals surface area contributed by atoms with Gasteiger partial charge in [0.1, 0.15) is 0 Å². The Morgan fingerprint density at radius 2 is 1.89 bits per heavy atom. The monoisotopic (exact) mass is 276 g/mol. The molecule has 2 rings (SSSR count). The van der Waals surface area contributed by atoms with E-state index in [0.29, 0.717) is 11.4 Å². The van der Waals surface area contributed by atoms with Crippen LogP contribution >= 0.6 is 11.6 Å². The molecular weight excluding hydrogens is 260 g/mol. The van der Waals surface area contributed by atoms with Gasteiger partial charge in [-0.25, -0.2) is 0 Å². The quantitative estimate of drug-likeness (QED) is 0.858. The third-order valence-electron chi connectivity index (χ3n) is 3.16. The number of carbonyl (C=O) groups is 1. The van der Waals surface area contributed by atoms with Crippen LogP contribution in [0.3, 0.4) is 0 Å². The Morgan fingerprint density at radius 3 is 2.58 bits per heavy atom. The highest BCUT2D eigenvalue weighted by Gasteiger charge is 2.11. The van der Waals surface area contributed by atoms with Crippen molar-refractivity contribution in [1.82, 2.24) is 9.88 Å². The fourth-order valence-electron chi connectivity index (χ4n) is 2.07. The van der Waals surface area contributed by atoms with E-state index >= 15 is 0 Å². The summed E-state index contributed by atoms with van der Waals surface area (Å²) in [6.07, 6.45) is 0.337. The van der Waals surface area contributed by atoms with Gasteiger partial charge in [-0.05, 0) is 32.0 Å². The molecule has 4 heteroatoms. The summed E-state index contributed by atoms with van der Waals surface area (Å²) in [5, 5.41) is 1.69. The van der Waals surface area contributed by atoms with Gasteiger partial charge in [0, 0.05) is 23.5 Å². The van der Waals surface area contributed by atoms with Gasteiger partial charge in [0.05, 0.1) is 17.6 Å². The van der Waals surface area contributed by atoms with Crippen molar-refractivity contribution in [2.75, 3.05) is 13.1 Å². The van der Waals surface area contributed by atoms with E-state index in [2.05, 4.69) is 4.98 Å². The Morgan fingerprint density at radius 1 is 1.21 bits per heavy atom. The van der Waals surface area contributed by atoms with Gasteiger partial charge in [-0.2, -0.15) is 0 Å². The minimum Gasteiger partial charge on any atom is -0.343 e. The first-order valence-electron chi connectivity index (χ1n) is 6.47. The highest BCUT2D eigenvalue weighted by molar-refractivity contribution is 6.31. The molecule has 0 bridgehead atoms. The van der Waals surface area contributed by atoms with E-state index in [1.807, 2.05) is 49.1 Å². The largest absolute Gasteiger partial charge is 0.343 e. The summed E-state index contributed by atoms with van der Waals surface area (Å²) in [5.74, 6) is 0.110. The number of carbonyl (C=O) groups excluding carboxylic acids is 1. The van der Waals surface area contributed by atoms with Crippen LogP contribution in [0.2, 0.25) is 5.02 Å². The zero-order chi connectivity index (χ0) is 13.8. The summed E-state index contributed by atoms with van der Waals surface area (Å²) >= 11 is 5.96. The third kappa shape index (κ3) is 3.24. The van der Waals surface area contributed by atoms with Crippen LogP contribution in [0, 0.1) is 0 Å². The fourth-order valence-corrected chi connectivity index (χ4v) is 2.24. The van der Waals surface area contributed by atoms with Crippen molar-refractivity contribution < 1.29 is 4.79 Å². The standard InChI is InChI=1S/C15H17ClN2O/c1-3-18(4-2)15(19)10-13-8-6-11-5-7-12(16)9-14(11)17-13/h5-9H,3-4,10H2,1-2H3. The number of amides is 1. The van der Waals surface area contributed by atoms with E-state index < -0.39 is 0 Å². The van der Waals surface area contributed by atoms with Crippen LogP contribution < -0.4 is 0 Å². The van der Waals surface area contributed by atoms with Gasteiger partial charge < -0.3 is 4.90 Å². The maximum atomic E-state index is 12.0. The molecule has 0 N–H and O–H groups in total. The van der Waals surface area contributed by atoms with Gasteiger partial charge >= 0.3 is 0 Å². The average Bonchev–Trinajstić information content (AvgIpc) is 2.39. The number of hydrogen-bond acceptors (Lipinski definition) is 2. The second-order valence-corrected chi connectivity index (χ2v) is 4.82. The van der Waals surface area contributed by atoms with Crippen molar-refractivity contribution in [1.29, 1.82) is 0 Å². The summed E-state index contributed by atoms with van der Waals surface area (Å²) in [5.41, 5.74) is 1.61. The second-order valence-electron chi connectivity index (χ2n) is 4.38. The maximum Gasteiger partial charge on any atom is 0.228 e. The van der Waals surface area contributed by atoms with Gasteiger partial charge in [0.25, 0.3) is 0 Å². The molecule has 1 heterocycles. The highest BCUT2D eigenvalue weighted by Crippen LogP contribution is 2.18. The molecule has 0 fully saturated rings. The minimum absolute atomic E-state index is 0.110. The molecule has 1 amide bonds. The molecule has 0 unspecified atom stereocenters. The smallest absolute Gasteiger partial charge is 0.228 e. The molecule has 2 aromatic rings. The number of pyridine rings is 1. The van der Waals surface area contributed by atoms with Gasteiger partial charge in [-0.3, -0.25) is 9.78 Å².